The van der Waals surface area contributed by atoms with Gasteiger partial charge < -0.3 is 15.5 Å². The second kappa shape index (κ2) is 5.44. The predicted molar refractivity (Wildman–Crippen MR) is 76.4 cm³/mol. The van der Waals surface area contributed by atoms with Crippen LogP contribution in [0, 0.1) is 23.7 Å². The van der Waals surface area contributed by atoms with Crippen LogP contribution in [0.2, 0.25) is 0 Å². The molecule has 5 heteroatoms. The average molecular weight is 293 g/mol. The van der Waals surface area contributed by atoms with Crippen LogP contribution in [0.3, 0.4) is 0 Å². The van der Waals surface area contributed by atoms with Crippen LogP contribution in [0.5, 0.6) is 0 Å². The number of nitrogens with one attached hydrogen (secondary N) is 1. The molecule has 0 heterocycles. The molecule has 3 N–H and O–H groups in total. The van der Waals surface area contributed by atoms with Crippen LogP contribution in [-0.4, -0.2) is 34.2 Å². The van der Waals surface area contributed by atoms with Crippen LogP contribution in [0.25, 0.3) is 0 Å². The van der Waals surface area contributed by atoms with Crippen molar-refractivity contribution >= 4 is 11.9 Å². The van der Waals surface area contributed by atoms with Crippen molar-refractivity contribution < 1.29 is 19.8 Å². The first-order chi connectivity index (χ1) is 10.0. The summed E-state index contributed by atoms with van der Waals surface area (Å²) in [5.74, 6) is -2.16. The van der Waals surface area contributed by atoms with Crippen LogP contribution in [0.1, 0.15) is 38.5 Å². The van der Waals surface area contributed by atoms with Crippen molar-refractivity contribution in [1.29, 1.82) is 0 Å². The van der Waals surface area contributed by atoms with Crippen molar-refractivity contribution in [2.45, 2.75) is 44.1 Å². The summed E-state index contributed by atoms with van der Waals surface area (Å²) in [7, 11) is 0. The van der Waals surface area contributed by atoms with Gasteiger partial charge in [0.05, 0.1) is 17.4 Å². The Labute approximate surface area is 124 Å². The van der Waals surface area contributed by atoms with Gasteiger partial charge in [0.25, 0.3) is 0 Å². The van der Waals surface area contributed by atoms with Gasteiger partial charge in [0.15, 0.2) is 0 Å². The Kier molecular flexibility index (Phi) is 3.78. The van der Waals surface area contributed by atoms with E-state index in [1.165, 1.54) is 0 Å². The van der Waals surface area contributed by atoms with Gasteiger partial charge in [0.2, 0.25) is 5.91 Å². The molecule has 3 aliphatic carbocycles. The predicted octanol–water partition coefficient (Wildman–Crippen LogP) is 1.32. The molecule has 1 amide bonds. The summed E-state index contributed by atoms with van der Waals surface area (Å²) in [6.45, 7) is 0.246. The third kappa shape index (κ3) is 2.71. The minimum atomic E-state index is -0.886. The number of carboxylic acids is 1. The van der Waals surface area contributed by atoms with E-state index in [0.717, 1.165) is 25.7 Å². The SMILES string of the molecule is O=C(O)C1C2C=CC(C2)C1C(=O)NCC1(O)CCCCC1. The summed E-state index contributed by atoms with van der Waals surface area (Å²) < 4.78 is 0. The van der Waals surface area contributed by atoms with Gasteiger partial charge in [-0.2, -0.15) is 0 Å². The summed E-state index contributed by atoms with van der Waals surface area (Å²) >= 11 is 0. The Balaban J connectivity index is 1.62. The largest absolute Gasteiger partial charge is 0.481 e. The first kappa shape index (κ1) is 14.6. The lowest BCUT2D eigenvalue weighted by Gasteiger charge is -2.33. The maximum absolute atomic E-state index is 12.4. The monoisotopic (exact) mass is 293 g/mol. The van der Waals surface area contributed by atoms with Crippen LogP contribution >= 0.6 is 0 Å². The third-order valence-corrected chi connectivity index (χ3v) is 5.42. The van der Waals surface area contributed by atoms with Crippen molar-refractivity contribution in [1.82, 2.24) is 5.32 Å². The molecule has 0 aromatic heterocycles. The van der Waals surface area contributed by atoms with E-state index in [4.69, 9.17) is 0 Å². The zero-order valence-electron chi connectivity index (χ0n) is 12.1. The molecule has 0 aromatic carbocycles. The molecule has 0 saturated heterocycles. The maximum Gasteiger partial charge on any atom is 0.307 e. The number of rotatable bonds is 4. The Hall–Kier alpha value is -1.36. The van der Waals surface area contributed by atoms with Crippen molar-refractivity contribution in [3.8, 4) is 0 Å². The number of carbonyl (C=O) groups excluding carboxylic acids is 1. The van der Waals surface area contributed by atoms with E-state index >= 15 is 0 Å². The maximum atomic E-state index is 12.4. The van der Waals surface area contributed by atoms with E-state index in [0.29, 0.717) is 12.8 Å². The molecule has 0 spiro atoms. The van der Waals surface area contributed by atoms with Crippen LogP contribution in [0.15, 0.2) is 12.2 Å². The smallest absolute Gasteiger partial charge is 0.307 e. The first-order valence-corrected chi connectivity index (χ1v) is 7.91. The fourth-order valence-electron chi connectivity index (χ4n) is 4.27. The summed E-state index contributed by atoms with van der Waals surface area (Å²) in [5.41, 5.74) is -0.805. The zero-order chi connectivity index (χ0) is 15.0. The fourth-order valence-corrected chi connectivity index (χ4v) is 4.27. The fraction of sp³-hybridized carbons (Fsp3) is 0.750. The highest BCUT2D eigenvalue weighted by Gasteiger charge is 2.51. The lowest BCUT2D eigenvalue weighted by Crippen LogP contribution is -2.48. The number of hydrogen-bond donors (Lipinski definition) is 3. The number of aliphatic hydroxyl groups is 1. The molecule has 4 atom stereocenters. The number of hydrogen-bond acceptors (Lipinski definition) is 3. The molecule has 2 fully saturated rings. The van der Waals surface area contributed by atoms with Gasteiger partial charge in [0, 0.05) is 6.54 Å². The van der Waals surface area contributed by atoms with Crippen molar-refractivity contribution in [2.75, 3.05) is 6.54 Å². The quantitative estimate of drug-likeness (QED) is 0.682. The summed E-state index contributed by atoms with van der Waals surface area (Å²) in [4.78, 5) is 23.8. The van der Waals surface area contributed by atoms with Crippen molar-refractivity contribution in [3.63, 3.8) is 0 Å². The molecule has 116 valence electrons. The Morgan fingerprint density at radius 1 is 1.10 bits per heavy atom. The number of aliphatic carboxylic acids is 1. The molecule has 2 saturated carbocycles. The first-order valence-electron chi connectivity index (χ1n) is 7.91. The molecular formula is C16H23NO4. The van der Waals surface area contributed by atoms with E-state index in [1.807, 2.05) is 12.2 Å². The Morgan fingerprint density at radius 2 is 1.71 bits per heavy atom. The number of carboxylic acid groups (broad SMARTS) is 1. The van der Waals surface area contributed by atoms with Gasteiger partial charge in [-0.05, 0) is 31.1 Å². The van der Waals surface area contributed by atoms with Crippen molar-refractivity contribution in [3.05, 3.63) is 12.2 Å². The van der Waals surface area contributed by atoms with Gasteiger partial charge >= 0.3 is 5.97 Å². The topological polar surface area (TPSA) is 86.6 Å². The average Bonchev–Trinajstić information content (AvgIpc) is 3.06. The minimum absolute atomic E-state index is 0.0129. The number of carbonyl (C=O) groups is 2. The van der Waals surface area contributed by atoms with E-state index in [9.17, 15) is 19.8 Å². The van der Waals surface area contributed by atoms with Crippen LogP contribution in [0.4, 0.5) is 0 Å². The molecular weight excluding hydrogens is 270 g/mol. The van der Waals surface area contributed by atoms with E-state index < -0.39 is 23.4 Å². The van der Waals surface area contributed by atoms with Gasteiger partial charge in [-0.1, -0.05) is 31.4 Å². The Bertz CT molecular complexity index is 467. The van der Waals surface area contributed by atoms with E-state index in [1.54, 1.807) is 0 Å². The normalized spacial score (nSPS) is 36.6. The molecule has 0 aliphatic heterocycles. The van der Waals surface area contributed by atoms with Crippen LogP contribution < -0.4 is 5.32 Å². The lowest BCUT2D eigenvalue weighted by molar-refractivity contribution is -0.148. The molecule has 5 nitrogen and oxygen atoms in total. The third-order valence-electron chi connectivity index (χ3n) is 5.42. The molecule has 0 aromatic rings. The van der Waals surface area contributed by atoms with Crippen molar-refractivity contribution in [2.24, 2.45) is 23.7 Å². The molecule has 3 rings (SSSR count). The van der Waals surface area contributed by atoms with E-state index in [-0.39, 0.29) is 24.3 Å². The van der Waals surface area contributed by atoms with Gasteiger partial charge in [0.1, 0.15) is 0 Å². The highest BCUT2D eigenvalue weighted by molar-refractivity contribution is 5.86. The lowest BCUT2D eigenvalue weighted by atomic mass is 9.81. The Morgan fingerprint density at radius 3 is 2.33 bits per heavy atom. The van der Waals surface area contributed by atoms with E-state index in [2.05, 4.69) is 5.32 Å². The molecule has 3 aliphatic rings. The van der Waals surface area contributed by atoms with Gasteiger partial charge in [-0.25, -0.2) is 0 Å². The second-order valence-corrected chi connectivity index (χ2v) is 6.84. The van der Waals surface area contributed by atoms with Crippen LogP contribution in [-0.2, 0) is 9.59 Å². The summed E-state index contributed by atoms with van der Waals surface area (Å²) in [6.07, 6.45) is 9.21. The van der Waals surface area contributed by atoms with Gasteiger partial charge in [-0.3, -0.25) is 9.59 Å². The summed E-state index contributed by atoms with van der Waals surface area (Å²) in [6, 6.07) is 0. The number of allylic oxidation sites excluding steroid dienone is 2. The molecule has 0 radical (unpaired) electrons. The molecule has 21 heavy (non-hydrogen) atoms. The standard InChI is InChI=1S/C16H23NO4/c18-14(17-9-16(21)6-2-1-3-7-16)12-10-4-5-11(8-10)13(12)15(19)20/h4-5,10-13,21H,1-3,6-9H2,(H,17,18)(H,19,20). The highest BCUT2D eigenvalue weighted by atomic mass is 16.4. The zero-order valence-corrected chi connectivity index (χ0v) is 12.1. The number of fused-ring (bicyclic) bond motifs is 2. The van der Waals surface area contributed by atoms with Gasteiger partial charge in [-0.15, -0.1) is 0 Å². The molecule has 2 bridgehead atoms. The summed E-state index contributed by atoms with van der Waals surface area (Å²) in [5, 5.41) is 22.6. The second-order valence-electron chi connectivity index (χ2n) is 6.84. The number of amides is 1. The minimum Gasteiger partial charge on any atom is -0.481 e. The molecule has 4 unspecified atom stereocenters. The highest BCUT2D eigenvalue weighted by Crippen LogP contribution is 2.48.